The quantitative estimate of drug-likeness (QED) is 0.608. The van der Waals surface area contributed by atoms with Crippen molar-refractivity contribution in [3.05, 3.63) is 63.6 Å². The molecule has 0 atom stereocenters. The molecule has 0 fully saturated rings. The molecule has 0 unspecified atom stereocenters. The molecule has 2 amide bonds. The van der Waals surface area contributed by atoms with E-state index in [9.17, 15) is 9.59 Å². The highest BCUT2D eigenvalue weighted by atomic mass is 35.5. The maximum atomic E-state index is 11.9. The Morgan fingerprint density at radius 2 is 1.83 bits per heavy atom. The summed E-state index contributed by atoms with van der Waals surface area (Å²) in [6, 6.07) is 11.2. The molecule has 0 aliphatic carbocycles. The van der Waals surface area contributed by atoms with Gasteiger partial charge in [-0.1, -0.05) is 29.3 Å². The Balaban J connectivity index is 1.93. The number of hydrogen-bond acceptors (Lipinski definition) is 4. The van der Waals surface area contributed by atoms with Gasteiger partial charge in [-0.05, 0) is 42.0 Å². The number of rotatable bonds is 6. The van der Waals surface area contributed by atoms with Crippen LogP contribution in [-0.2, 0) is 4.79 Å². The summed E-state index contributed by atoms with van der Waals surface area (Å²) in [6.45, 7) is -0.223. The molecule has 0 spiro atoms. The average Bonchev–Trinajstić information content (AvgIpc) is 2.56. The maximum Gasteiger partial charge on any atom is 0.271 e. The second kappa shape index (κ2) is 8.33. The van der Waals surface area contributed by atoms with Crippen molar-refractivity contribution in [2.75, 3.05) is 6.61 Å². The van der Waals surface area contributed by atoms with E-state index in [1.165, 1.54) is 6.21 Å². The van der Waals surface area contributed by atoms with Crippen molar-refractivity contribution in [1.82, 2.24) is 5.43 Å². The number of nitrogens with two attached hydrogens (primary N) is 1. The number of primary amides is 1. The molecule has 124 valence electrons. The topological polar surface area (TPSA) is 93.8 Å². The predicted molar refractivity (Wildman–Crippen MR) is 92.7 cm³/mol. The molecule has 0 saturated carbocycles. The monoisotopic (exact) mass is 365 g/mol. The van der Waals surface area contributed by atoms with Crippen LogP contribution in [-0.4, -0.2) is 24.6 Å². The van der Waals surface area contributed by atoms with E-state index in [1.54, 1.807) is 42.5 Å². The van der Waals surface area contributed by atoms with E-state index in [-0.39, 0.29) is 6.61 Å². The fourth-order valence-corrected chi connectivity index (χ4v) is 1.99. The number of benzene rings is 2. The Hall–Kier alpha value is -2.57. The molecule has 0 saturated heterocycles. The van der Waals surface area contributed by atoms with Gasteiger partial charge in [-0.2, -0.15) is 5.10 Å². The average molecular weight is 366 g/mol. The SMILES string of the molecule is NC(=O)COc1ccc(C(=O)NN=Cc2ccc(Cl)c(Cl)c2)cc1. The summed E-state index contributed by atoms with van der Waals surface area (Å²) in [5.41, 5.74) is 8.45. The lowest BCUT2D eigenvalue weighted by Crippen LogP contribution is -2.20. The number of amides is 2. The Labute approximate surface area is 148 Å². The van der Waals surface area contributed by atoms with E-state index < -0.39 is 11.8 Å². The highest BCUT2D eigenvalue weighted by Crippen LogP contribution is 2.21. The lowest BCUT2D eigenvalue weighted by molar-refractivity contribution is -0.119. The van der Waals surface area contributed by atoms with Gasteiger partial charge in [0.15, 0.2) is 6.61 Å². The maximum absolute atomic E-state index is 11.9. The highest BCUT2D eigenvalue weighted by molar-refractivity contribution is 6.42. The minimum Gasteiger partial charge on any atom is -0.484 e. The number of nitrogens with zero attached hydrogens (tertiary/aromatic N) is 1. The second-order valence-corrected chi connectivity index (χ2v) is 5.47. The van der Waals surface area contributed by atoms with Gasteiger partial charge in [0.25, 0.3) is 11.8 Å². The van der Waals surface area contributed by atoms with Gasteiger partial charge >= 0.3 is 0 Å². The summed E-state index contributed by atoms with van der Waals surface area (Å²) in [7, 11) is 0. The lowest BCUT2D eigenvalue weighted by atomic mass is 10.2. The third-order valence-electron chi connectivity index (χ3n) is 2.82. The number of nitrogens with one attached hydrogen (secondary N) is 1. The molecule has 3 N–H and O–H groups in total. The van der Waals surface area contributed by atoms with Crippen LogP contribution in [0.1, 0.15) is 15.9 Å². The first-order valence-electron chi connectivity index (χ1n) is 6.75. The van der Waals surface area contributed by atoms with Crippen molar-refractivity contribution in [3.63, 3.8) is 0 Å². The molecule has 24 heavy (non-hydrogen) atoms. The van der Waals surface area contributed by atoms with Crippen LogP contribution in [0.5, 0.6) is 5.75 Å². The van der Waals surface area contributed by atoms with Gasteiger partial charge in [0.05, 0.1) is 16.3 Å². The standard InChI is InChI=1S/C16H13Cl2N3O3/c17-13-6-1-10(7-14(13)18)8-20-21-16(23)11-2-4-12(5-3-11)24-9-15(19)22/h1-8H,9H2,(H2,19,22)(H,21,23). The zero-order valence-corrected chi connectivity index (χ0v) is 13.8. The molecule has 6 nitrogen and oxygen atoms in total. The van der Waals surface area contributed by atoms with Crippen LogP contribution in [0.3, 0.4) is 0 Å². The molecule has 0 aliphatic rings. The smallest absolute Gasteiger partial charge is 0.271 e. The Morgan fingerprint density at radius 1 is 1.12 bits per heavy atom. The first kappa shape index (κ1) is 17.8. The number of halogens is 2. The third kappa shape index (κ3) is 5.26. The molecule has 2 aromatic carbocycles. The van der Waals surface area contributed by atoms with Gasteiger partial charge in [-0.25, -0.2) is 5.43 Å². The van der Waals surface area contributed by atoms with Crippen LogP contribution >= 0.6 is 23.2 Å². The zero-order valence-electron chi connectivity index (χ0n) is 12.3. The number of ether oxygens (including phenoxy) is 1. The van der Waals surface area contributed by atoms with Gasteiger partial charge in [-0.3, -0.25) is 9.59 Å². The summed E-state index contributed by atoms with van der Waals surface area (Å²) in [4.78, 5) is 22.6. The largest absolute Gasteiger partial charge is 0.484 e. The molecule has 2 aromatic rings. The molecule has 0 aromatic heterocycles. The molecule has 2 rings (SSSR count). The number of carbonyl (C=O) groups is 2. The van der Waals surface area contributed by atoms with E-state index >= 15 is 0 Å². The fraction of sp³-hybridized carbons (Fsp3) is 0.0625. The minimum atomic E-state index is -0.576. The molecule has 0 radical (unpaired) electrons. The number of carbonyl (C=O) groups excluding carboxylic acids is 2. The van der Waals surface area contributed by atoms with E-state index in [0.29, 0.717) is 26.9 Å². The summed E-state index contributed by atoms with van der Waals surface area (Å²) in [6.07, 6.45) is 1.45. The second-order valence-electron chi connectivity index (χ2n) is 4.65. The van der Waals surface area contributed by atoms with Crippen LogP contribution in [0.25, 0.3) is 0 Å². The molecule has 0 bridgehead atoms. The van der Waals surface area contributed by atoms with Gasteiger partial charge in [0, 0.05) is 5.56 Å². The number of hydrazone groups is 1. The predicted octanol–water partition coefficient (Wildman–Crippen LogP) is 2.62. The first-order valence-corrected chi connectivity index (χ1v) is 7.51. The Kier molecular flexibility index (Phi) is 6.17. The normalized spacial score (nSPS) is 10.6. The summed E-state index contributed by atoms with van der Waals surface area (Å²) in [5.74, 6) is -0.536. The van der Waals surface area contributed by atoms with E-state index in [1.807, 2.05) is 0 Å². The van der Waals surface area contributed by atoms with Crippen molar-refractivity contribution in [1.29, 1.82) is 0 Å². The molecule has 0 aliphatic heterocycles. The van der Waals surface area contributed by atoms with Crippen molar-refractivity contribution >= 4 is 41.2 Å². The summed E-state index contributed by atoms with van der Waals surface area (Å²) >= 11 is 11.7. The third-order valence-corrected chi connectivity index (χ3v) is 3.56. The van der Waals surface area contributed by atoms with Gasteiger partial charge in [0.2, 0.25) is 0 Å². The summed E-state index contributed by atoms with van der Waals surface area (Å²) in [5, 5.41) is 4.69. The van der Waals surface area contributed by atoms with Crippen LogP contribution in [0, 0.1) is 0 Å². The zero-order chi connectivity index (χ0) is 17.5. The Morgan fingerprint density at radius 3 is 2.46 bits per heavy atom. The van der Waals surface area contributed by atoms with Crippen LogP contribution in [0.15, 0.2) is 47.6 Å². The number of hydrogen-bond donors (Lipinski definition) is 2. The summed E-state index contributed by atoms with van der Waals surface area (Å²) < 4.78 is 5.10. The van der Waals surface area contributed by atoms with E-state index in [4.69, 9.17) is 33.7 Å². The Bertz CT molecular complexity index is 777. The van der Waals surface area contributed by atoms with Gasteiger partial charge in [0.1, 0.15) is 5.75 Å². The van der Waals surface area contributed by atoms with Crippen LogP contribution < -0.4 is 15.9 Å². The highest BCUT2D eigenvalue weighted by Gasteiger charge is 2.05. The van der Waals surface area contributed by atoms with Gasteiger partial charge in [-0.15, -0.1) is 0 Å². The van der Waals surface area contributed by atoms with Crippen LogP contribution in [0.4, 0.5) is 0 Å². The van der Waals surface area contributed by atoms with Crippen molar-refractivity contribution in [2.24, 2.45) is 10.8 Å². The molecule has 8 heteroatoms. The van der Waals surface area contributed by atoms with Gasteiger partial charge < -0.3 is 10.5 Å². The van der Waals surface area contributed by atoms with Crippen molar-refractivity contribution < 1.29 is 14.3 Å². The van der Waals surface area contributed by atoms with Crippen LogP contribution in [0.2, 0.25) is 10.0 Å². The molecular weight excluding hydrogens is 353 g/mol. The van der Waals surface area contributed by atoms with E-state index in [2.05, 4.69) is 10.5 Å². The first-order chi connectivity index (χ1) is 11.5. The van der Waals surface area contributed by atoms with E-state index in [0.717, 1.165) is 0 Å². The lowest BCUT2D eigenvalue weighted by Gasteiger charge is -2.04. The van der Waals surface area contributed by atoms with Crippen molar-refractivity contribution in [2.45, 2.75) is 0 Å². The minimum absolute atomic E-state index is 0.223. The molecular formula is C16H13Cl2N3O3. The molecule has 0 heterocycles. The van der Waals surface area contributed by atoms with Crippen molar-refractivity contribution in [3.8, 4) is 5.75 Å². The fourth-order valence-electron chi connectivity index (χ4n) is 1.68.